The summed E-state index contributed by atoms with van der Waals surface area (Å²) in [4.78, 5) is 13.1. The van der Waals surface area contributed by atoms with Crippen molar-refractivity contribution >= 4 is 11.6 Å². The molecule has 1 heterocycles. The first-order chi connectivity index (χ1) is 16.2. The molecule has 0 saturated heterocycles. The first-order valence-electron chi connectivity index (χ1n) is 11.2. The van der Waals surface area contributed by atoms with Crippen molar-refractivity contribution in [3.63, 3.8) is 0 Å². The van der Waals surface area contributed by atoms with E-state index in [0.717, 1.165) is 24.1 Å². The number of benzene rings is 2. The van der Waals surface area contributed by atoms with E-state index in [1.165, 1.54) is 5.01 Å². The highest BCUT2D eigenvalue weighted by molar-refractivity contribution is 6.03. The number of hydrogen-bond acceptors (Lipinski definition) is 7. The molecule has 34 heavy (non-hydrogen) atoms. The van der Waals surface area contributed by atoms with Crippen LogP contribution in [0.15, 0.2) is 47.6 Å². The predicted molar refractivity (Wildman–Crippen MR) is 132 cm³/mol. The third-order valence-corrected chi connectivity index (χ3v) is 5.07. The quantitative estimate of drug-likeness (QED) is 0.426. The summed E-state index contributed by atoms with van der Waals surface area (Å²) in [7, 11) is 3.25. The van der Waals surface area contributed by atoms with Crippen LogP contribution in [0.2, 0.25) is 0 Å². The van der Waals surface area contributed by atoms with Gasteiger partial charge in [-0.25, -0.2) is 5.01 Å². The molecular formula is C26H36N2O6. The monoisotopic (exact) mass is 472 g/mol. The van der Waals surface area contributed by atoms with Gasteiger partial charge in [-0.3, -0.25) is 4.79 Å². The average Bonchev–Trinajstić information content (AvgIpc) is 2.86. The minimum Gasteiger partial charge on any atom is -0.493 e. The van der Waals surface area contributed by atoms with Gasteiger partial charge in [0.1, 0.15) is 12.4 Å². The summed E-state index contributed by atoms with van der Waals surface area (Å²) < 4.78 is 27.1. The number of nitrogens with zero attached hydrogens (tertiary/aromatic N) is 2. The fraction of sp³-hybridized carbons (Fsp3) is 0.462. The van der Waals surface area contributed by atoms with Gasteiger partial charge in [-0.15, -0.1) is 0 Å². The topological polar surface area (TPSA) is 78.8 Å². The second-order valence-electron chi connectivity index (χ2n) is 7.36. The van der Waals surface area contributed by atoms with Crippen LogP contribution in [-0.2, 0) is 9.47 Å². The molecule has 0 atom stereocenters. The van der Waals surface area contributed by atoms with E-state index in [4.69, 9.17) is 23.7 Å². The van der Waals surface area contributed by atoms with E-state index in [2.05, 4.69) is 5.10 Å². The lowest BCUT2D eigenvalue weighted by Crippen LogP contribution is -2.32. The Balaban J connectivity index is 0.00000408. The molecule has 2 aromatic rings. The Morgan fingerprint density at radius 2 is 1.82 bits per heavy atom. The van der Waals surface area contributed by atoms with Crippen LogP contribution >= 0.6 is 0 Å². The molecule has 0 fully saturated rings. The number of methoxy groups -OCH3 is 2. The summed E-state index contributed by atoms with van der Waals surface area (Å²) >= 11 is 0. The Hall–Kier alpha value is -3.10. The van der Waals surface area contributed by atoms with Gasteiger partial charge in [0.05, 0.1) is 39.2 Å². The minimum atomic E-state index is -0.160. The summed E-state index contributed by atoms with van der Waals surface area (Å²) in [5, 5.41) is 6.17. The molecule has 0 spiro atoms. The van der Waals surface area contributed by atoms with Gasteiger partial charge in [-0.2, -0.15) is 5.10 Å². The van der Waals surface area contributed by atoms with Crippen LogP contribution in [0.3, 0.4) is 0 Å². The van der Waals surface area contributed by atoms with E-state index in [1.54, 1.807) is 32.4 Å². The van der Waals surface area contributed by atoms with Gasteiger partial charge in [0.2, 0.25) is 0 Å². The zero-order valence-electron chi connectivity index (χ0n) is 19.5. The minimum absolute atomic E-state index is 0. The Bertz CT molecular complexity index is 947. The third-order valence-electron chi connectivity index (χ3n) is 5.07. The van der Waals surface area contributed by atoms with Gasteiger partial charge < -0.3 is 23.7 Å². The zero-order valence-corrected chi connectivity index (χ0v) is 19.5. The second kappa shape index (κ2) is 14.2. The molecule has 1 amide bonds. The molecule has 0 aliphatic carbocycles. The van der Waals surface area contributed by atoms with Gasteiger partial charge >= 0.3 is 0 Å². The van der Waals surface area contributed by atoms with Gasteiger partial charge in [-0.1, -0.05) is 13.5 Å². The van der Waals surface area contributed by atoms with Crippen molar-refractivity contribution in [2.75, 3.05) is 53.8 Å². The maximum atomic E-state index is 13.1. The van der Waals surface area contributed by atoms with E-state index in [1.807, 2.05) is 31.2 Å². The molecule has 0 N–H and O–H groups in total. The maximum absolute atomic E-state index is 13.1. The second-order valence-corrected chi connectivity index (χ2v) is 7.36. The first-order valence-corrected chi connectivity index (χ1v) is 11.2. The average molecular weight is 473 g/mol. The fourth-order valence-electron chi connectivity index (χ4n) is 3.45. The summed E-state index contributed by atoms with van der Waals surface area (Å²) in [5.41, 5.74) is 2.30. The predicted octanol–water partition coefficient (Wildman–Crippen LogP) is 4.41. The highest BCUT2D eigenvalue weighted by Gasteiger charge is 2.22. The molecular weight excluding hydrogens is 436 g/mol. The summed E-state index contributed by atoms with van der Waals surface area (Å²) in [5.74, 6) is 1.80. The molecule has 0 bridgehead atoms. The van der Waals surface area contributed by atoms with Crippen LogP contribution in [-0.4, -0.2) is 70.4 Å². The van der Waals surface area contributed by atoms with Crippen LogP contribution in [0.25, 0.3) is 0 Å². The van der Waals surface area contributed by atoms with Crippen molar-refractivity contribution in [1.82, 2.24) is 5.01 Å². The van der Waals surface area contributed by atoms with E-state index in [0.29, 0.717) is 62.4 Å². The van der Waals surface area contributed by atoms with Crippen molar-refractivity contribution in [3.8, 4) is 17.2 Å². The van der Waals surface area contributed by atoms with Crippen LogP contribution in [0.1, 0.15) is 43.1 Å². The Labute approximate surface area is 202 Å². The Morgan fingerprint density at radius 1 is 1.00 bits per heavy atom. The van der Waals surface area contributed by atoms with Gasteiger partial charge in [0, 0.05) is 24.8 Å². The SMILES string of the molecule is C.CCOc1cc(C2=NN(C(=O)c3cccc(OCCOCCOC)c3)CCC2)ccc1OC. The smallest absolute Gasteiger partial charge is 0.274 e. The standard InChI is InChI=1S/C25H32N2O6.CH4/c1-4-32-24-18-19(10-11-23(24)30-3)22-9-6-12-27(26-22)25(28)20-7-5-8-21(17-20)33-16-15-31-14-13-29-2;/h5,7-8,10-11,17-18H,4,6,9,12-16H2,1-3H3;1H4. The lowest BCUT2D eigenvalue weighted by molar-refractivity contribution is 0.0544. The number of ether oxygens (including phenoxy) is 5. The maximum Gasteiger partial charge on any atom is 0.274 e. The summed E-state index contributed by atoms with van der Waals surface area (Å²) in [6.45, 7) is 4.94. The summed E-state index contributed by atoms with van der Waals surface area (Å²) in [6, 6.07) is 12.9. The van der Waals surface area contributed by atoms with Crippen molar-refractivity contribution in [2.45, 2.75) is 27.2 Å². The number of hydrogen-bond donors (Lipinski definition) is 0. The van der Waals surface area contributed by atoms with E-state index in [9.17, 15) is 4.79 Å². The molecule has 186 valence electrons. The van der Waals surface area contributed by atoms with Crippen molar-refractivity contribution < 1.29 is 28.5 Å². The molecule has 0 radical (unpaired) electrons. The third kappa shape index (κ3) is 7.46. The van der Waals surface area contributed by atoms with Crippen LogP contribution in [0.5, 0.6) is 17.2 Å². The lowest BCUT2D eigenvalue weighted by atomic mass is 10.0. The molecule has 3 rings (SSSR count). The molecule has 0 unspecified atom stereocenters. The first kappa shape index (κ1) is 27.1. The number of carbonyl (C=O) groups is 1. The highest BCUT2D eigenvalue weighted by atomic mass is 16.5. The molecule has 1 aliphatic rings. The molecule has 8 heteroatoms. The van der Waals surface area contributed by atoms with Gasteiger partial charge in [0.25, 0.3) is 5.91 Å². The number of carbonyl (C=O) groups excluding carboxylic acids is 1. The molecule has 0 saturated carbocycles. The number of amides is 1. The van der Waals surface area contributed by atoms with Gasteiger partial charge in [0.15, 0.2) is 11.5 Å². The van der Waals surface area contributed by atoms with Crippen LogP contribution < -0.4 is 14.2 Å². The molecule has 1 aliphatic heterocycles. The number of hydrazone groups is 1. The lowest BCUT2D eigenvalue weighted by Gasteiger charge is -2.24. The van der Waals surface area contributed by atoms with E-state index < -0.39 is 0 Å². The summed E-state index contributed by atoms with van der Waals surface area (Å²) in [6.07, 6.45) is 1.61. The largest absolute Gasteiger partial charge is 0.493 e. The van der Waals surface area contributed by atoms with Crippen molar-refractivity contribution in [2.24, 2.45) is 5.10 Å². The fourth-order valence-corrected chi connectivity index (χ4v) is 3.45. The number of rotatable bonds is 12. The Kier molecular flexibility index (Phi) is 11.4. The van der Waals surface area contributed by atoms with Gasteiger partial charge in [-0.05, 0) is 56.2 Å². The molecule has 8 nitrogen and oxygen atoms in total. The zero-order chi connectivity index (χ0) is 23.5. The highest BCUT2D eigenvalue weighted by Crippen LogP contribution is 2.29. The van der Waals surface area contributed by atoms with E-state index >= 15 is 0 Å². The molecule has 2 aromatic carbocycles. The normalized spacial score (nSPS) is 13.0. The van der Waals surface area contributed by atoms with Crippen molar-refractivity contribution in [3.05, 3.63) is 53.6 Å². The van der Waals surface area contributed by atoms with Crippen molar-refractivity contribution in [1.29, 1.82) is 0 Å². The van der Waals surface area contributed by atoms with Crippen LogP contribution in [0, 0.1) is 0 Å². The van der Waals surface area contributed by atoms with E-state index in [-0.39, 0.29) is 13.3 Å². The Morgan fingerprint density at radius 3 is 2.59 bits per heavy atom. The van der Waals surface area contributed by atoms with Crippen LogP contribution in [0.4, 0.5) is 0 Å². The molecule has 0 aromatic heterocycles.